The van der Waals surface area contributed by atoms with Gasteiger partial charge in [0.2, 0.25) is 0 Å². The largest absolute Gasteiger partial charge is 0.331 e. The molecule has 0 radical (unpaired) electrons. The molecule has 0 heterocycles. The maximum Gasteiger partial charge on any atom is 0.285 e. The maximum atomic E-state index is 5.60. The van der Waals surface area contributed by atoms with Gasteiger partial charge in [-0.1, -0.05) is 45.4 Å². The molecule has 0 rings (SSSR count). The minimum atomic E-state index is -0.956. The zero-order valence-electron chi connectivity index (χ0n) is 16.0. The van der Waals surface area contributed by atoms with Crippen LogP contribution in [-0.2, 0) is 14.2 Å². The molecule has 0 aromatic rings. The Balaban J connectivity index is 4.53. The topological polar surface area (TPSA) is 65.7 Å². The van der Waals surface area contributed by atoms with E-state index in [9.17, 15) is 0 Å². The lowest BCUT2D eigenvalue weighted by Gasteiger charge is -2.37. The van der Waals surface area contributed by atoms with Crippen molar-refractivity contribution in [3.8, 4) is 0 Å². The van der Waals surface area contributed by atoms with E-state index in [1.54, 1.807) is 21.3 Å². The summed E-state index contributed by atoms with van der Waals surface area (Å²) in [4.78, 5) is 0. The average molecular weight is 333 g/mol. The van der Waals surface area contributed by atoms with Crippen molar-refractivity contribution in [2.75, 3.05) is 34.4 Å². The molecular formula is C18H40N2O3. The maximum absolute atomic E-state index is 5.60. The van der Waals surface area contributed by atoms with E-state index in [1.165, 1.54) is 38.5 Å². The quantitative estimate of drug-likeness (QED) is 0.335. The summed E-state index contributed by atoms with van der Waals surface area (Å²) in [5.41, 5.74) is 5.57. The monoisotopic (exact) mass is 332 g/mol. The molecule has 2 unspecified atom stereocenters. The van der Waals surface area contributed by atoms with Crippen LogP contribution < -0.4 is 11.1 Å². The highest BCUT2D eigenvalue weighted by atomic mass is 16.9. The van der Waals surface area contributed by atoms with E-state index in [0.29, 0.717) is 12.6 Å². The minimum absolute atomic E-state index is 0.189. The van der Waals surface area contributed by atoms with Crippen LogP contribution in [0.25, 0.3) is 0 Å². The second-order valence-corrected chi connectivity index (χ2v) is 6.35. The summed E-state index contributed by atoms with van der Waals surface area (Å²) in [7, 11) is 4.96. The summed E-state index contributed by atoms with van der Waals surface area (Å²) in [6.45, 7) is 5.90. The fourth-order valence-corrected chi connectivity index (χ4v) is 3.20. The Kier molecular flexibility index (Phi) is 14.0. The Hall–Kier alpha value is -0.200. The van der Waals surface area contributed by atoms with E-state index in [2.05, 4.69) is 19.2 Å². The van der Waals surface area contributed by atoms with Crippen molar-refractivity contribution in [3.05, 3.63) is 0 Å². The molecule has 2 atom stereocenters. The van der Waals surface area contributed by atoms with Gasteiger partial charge in [0.25, 0.3) is 5.97 Å². The molecule has 140 valence electrons. The Bertz CT molecular complexity index is 252. The van der Waals surface area contributed by atoms with Crippen LogP contribution in [0.2, 0.25) is 0 Å². The smallest absolute Gasteiger partial charge is 0.285 e. The first-order chi connectivity index (χ1) is 11.1. The number of methoxy groups -OCH3 is 3. The number of hydrogen-bond acceptors (Lipinski definition) is 5. The van der Waals surface area contributed by atoms with Gasteiger partial charge < -0.3 is 25.3 Å². The molecule has 3 N–H and O–H groups in total. The molecular weight excluding hydrogens is 292 g/mol. The molecule has 0 spiro atoms. The second kappa shape index (κ2) is 14.2. The van der Waals surface area contributed by atoms with Crippen LogP contribution in [-0.4, -0.2) is 46.4 Å². The van der Waals surface area contributed by atoms with Crippen LogP contribution in [0.4, 0.5) is 0 Å². The molecule has 0 aliphatic rings. The Morgan fingerprint density at radius 1 is 0.957 bits per heavy atom. The lowest BCUT2D eigenvalue weighted by molar-refractivity contribution is -0.380. The molecule has 23 heavy (non-hydrogen) atoms. The lowest BCUT2D eigenvalue weighted by atomic mass is 9.91. The van der Waals surface area contributed by atoms with Gasteiger partial charge in [-0.3, -0.25) is 0 Å². The molecule has 0 amide bonds. The van der Waals surface area contributed by atoms with E-state index in [1.807, 2.05) is 0 Å². The van der Waals surface area contributed by atoms with Crippen LogP contribution in [0.5, 0.6) is 0 Å². The van der Waals surface area contributed by atoms with Crippen molar-refractivity contribution in [2.45, 2.75) is 77.2 Å². The average Bonchev–Trinajstić information content (AvgIpc) is 2.57. The van der Waals surface area contributed by atoms with Crippen LogP contribution in [0.1, 0.15) is 65.2 Å². The minimum Gasteiger partial charge on any atom is -0.331 e. The SMILES string of the molecule is CCCCCCCCC(CC(C)NCCN)C(OC)(OC)OC. The van der Waals surface area contributed by atoms with Crippen molar-refractivity contribution >= 4 is 0 Å². The van der Waals surface area contributed by atoms with Gasteiger partial charge in [-0.05, 0) is 19.8 Å². The van der Waals surface area contributed by atoms with Gasteiger partial charge in [0.1, 0.15) is 0 Å². The normalized spacial score (nSPS) is 14.9. The first-order valence-electron chi connectivity index (χ1n) is 9.19. The van der Waals surface area contributed by atoms with E-state index >= 15 is 0 Å². The van der Waals surface area contributed by atoms with Crippen LogP contribution in [0.15, 0.2) is 0 Å². The second-order valence-electron chi connectivity index (χ2n) is 6.35. The highest BCUT2D eigenvalue weighted by Gasteiger charge is 2.40. The van der Waals surface area contributed by atoms with Crippen molar-refractivity contribution in [1.82, 2.24) is 5.32 Å². The third-order valence-corrected chi connectivity index (χ3v) is 4.53. The van der Waals surface area contributed by atoms with Gasteiger partial charge in [0.15, 0.2) is 0 Å². The lowest BCUT2D eigenvalue weighted by Crippen LogP contribution is -2.46. The van der Waals surface area contributed by atoms with Crippen molar-refractivity contribution in [1.29, 1.82) is 0 Å². The Morgan fingerprint density at radius 3 is 2.04 bits per heavy atom. The van der Waals surface area contributed by atoms with Crippen LogP contribution >= 0.6 is 0 Å². The van der Waals surface area contributed by atoms with Crippen LogP contribution in [0.3, 0.4) is 0 Å². The third kappa shape index (κ3) is 9.01. The summed E-state index contributed by atoms with van der Waals surface area (Å²) >= 11 is 0. The van der Waals surface area contributed by atoms with E-state index in [-0.39, 0.29) is 5.92 Å². The number of rotatable bonds is 16. The molecule has 5 heteroatoms. The van der Waals surface area contributed by atoms with E-state index < -0.39 is 5.97 Å². The molecule has 5 nitrogen and oxygen atoms in total. The first kappa shape index (κ1) is 22.8. The van der Waals surface area contributed by atoms with Gasteiger partial charge in [-0.15, -0.1) is 0 Å². The Morgan fingerprint density at radius 2 is 1.52 bits per heavy atom. The molecule has 0 aromatic heterocycles. The van der Waals surface area contributed by atoms with Gasteiger partial charge in [-0.2, -0.15) is 0 Å². The highest BCUT2D eigenvalue weighted by molar-refractivity contribution is 4.76. The predicted molar refractivity (Wildman–Crippen MR) is 96.4 cm³/mol. The summed E-state index contributed by atoms with van der Waals surface area (Å²) in [6, 6.07) is 0.350. The van der Waals surface area contributed by atoms with Crippen molar-refractivity contribution in [3.63, 3.8) is 0 Å². The van der Waals surface area contributed by atoms with E-state index in [0.717, 1.165) is 19.4 Å². The predicted octanol–water partition coefficient (Wildman–Crippen LogP) is 3.27. The third-order valence-electron chi connectivity index (χ3n) is 4.53. The van der Waals surface area contributed by atoms with Gasteiger partial charge >= 0.3 is 0 Å². The molecule has 0 saturated carbocycles. The van der Waals surface area contributed by atoms with Crippen molar-refractivity contribution < 1.29 is 14.2 Å². The summed E-state index contributed by atoms with van der Waals surface area (Å²) in [5, 5.41) is 3.43. The number of unbranched alkanes of at least 4 members (excludes halogenated alkanes) is 5. The number of ether oxygens (including phenoxy) is 3. The van der Waals surface area contributed by atoms with Gasteiger partial charge in [0, 0.05) is 46.4 Å². The first-order valence-corrected chi connectivity index (χ1v) is 9.19. The van der Waals surface area contributed by atoms with Crippen LogP contribution in [0, 0.1) is 5.92 Å². The number of nitrogens with two attached hydrogens (primary N) is 1. The summed E-state index contributed by atoms with van der Waals surface area (Å²) in [5.74, 6) is -0.767. The molecule has 0 bridgehead atoms. The van der Waals surface area contributed by atoms with Gasteiger partial charge in [0.05, 0.1) is 0 Å². The number of nitrogens with one attached hydrogen (secondary N) is 1. The fourth-order valence-electron chi connectivity index (χ4n) is 3.20. The van der Waals surface area contributed by atoms with Crippen molar-refractivity contribution in [2.24, 2.45) is 11.7 Å². The highest BCUT2D eigenvalue weighted by Crippen LogP contribution is 2.32. The Labute approximate surface area is 143 Å². The molecule has 0 fully saturated rings. The number of hydrogen-bond donors (Lipinski definition) is 2. The summed E-state index contributed by atoms with van der Waals surface area (Å²) in [6.07, 6.45) is 9.67. The zero-order valence-corrected chi connectivity index (χ0v) is 16.0. The fraction of sp³-hybridized carbons (Fsp3) is 1.00. The van der Waals surface area contributed by atoms with E-state index in [4.69, 9.17) is 19.9 Å². The molecule has 0 aromatic carbocycles. The molecule has 0 saturated heterocycles. The molecule has 0 aliphatic heterocycles. The molecule has 0 aliphatic carbocycles. The standard InChI is InChI=1S/C18H40N2O3/c1-6-7-8-9-10-11-12-17(15-16(2)20-14-13-19)18(21-3,22-4)23-5/h16-17,20H,6-15,19H2,1-5H3. The summed E-state index contributed by atoms with van der Waals surface area (Å²) < 4.78 is 16.8. The van der Waals surface area contributed by atoms with Gasteiger partial charge in [-0.25, -0.2) is 0 Å². The zero-order chi connectivity index (χ0) is 17.6.